The highest BCUT2D eigenvalue weighted by Gasteiger charge is 2.18. The Balaban J connectivity index is 2.11. The highest BCUT2D eigenvalue weighted by atomic mass is 16.5. The van der Waals surface area contributed by atoms with Crippen molar-refractivity contribution in [2.75, 3.05) is 24.3 Å². The van der Waals surface area contributed by atoms with Crippen LogP contribution in [0, 0.1) is 0 Å². The van der Waals surface area contributed by atoms with E-state index in [0.29, 0.717) is 31.1 Å². The van der Waals surface area contributed by atoms with E-state index in [-0.39, 0.29) is 12.0 Å². The van der Waals surface area contributed by atoms with E-state index in [2.05, 4.69) is 5.32 Å². The van der Waals surface area contributed by atoms with Gasteiger partial charge in [-0.2, -0.15) is 0 Å². The first-order valence-corrected chi connectivity index (χ1v) is 6.56. The van der Waals surface area contributed by atoms with Gasteiger partial charge in [0.2, 0.25) is 5.91 Å². The maximum absolute atomic E-state index is 11.3. The third kappa shape index (κ3) is 3.38. The van der Waals surface area contributed by atoms with Gasteiger partial charge in [-0.1, -0.05) is 0 Å². The molecule has 1 aliphatic rings. The van der Waals surface area contributed by atoms with E-state index in [4.69, 9.17) is 15.2 Å². The molecule has 1 aromatic rings. The van der Waals surface area contributed by atoms with Gasteiger partial charge in [-0.25, -0.2) is 0 Å². The predicted octanol–water partition coefficient (Wildman–Crippen LogP) is 1.96. The Morgan fingerprint density at radius 3 is 2.95 bits per heavy atom. The maximum atomic E-state index is 11.3. The zero-order valence-electron chi connectivity index (χ0n) is 11.4. The number of hydrogen-bond acceptors (Lipinski definition) is 4. The number of hydrogen-bond donors (Lipinski definition) is 2. The summed E-state index contributed by atoms with van der Waals surface area (Å²) in [6.07, 6.45) is 1.17. The molecule has 1 aromatic carbocycles. The van der Waals surface area contributed by atoms with Gasteiger partial charge in [0.1, 0.15) is 11.9 Å². The average Bonchev–Trinajstić information content (AvgIpc) is 2.37. The summed E-state index contributed by atoms with van der Waals surface area (Å²) in [5.41, 5.74) is 8.33. The molecule has 0 radical (unpaired) electrons. The maximum Gasteiger partial charge on any atom is 0.224 e. The number of anilines is 2. The highest BCUT2D eigenvalue weighted by Crippen LogP contribution is 2.32. The molecule has 5 nitrogen and oxygen atoms in total. The number of ether oxygens (including phenoxy) is 2. The monoisotopic (exact) mass is 264 g/mol. The zero-order chi connectivity index (χ0) is 13.8. The number of aryl methyl sites for hydroxylation is 1. The molecule has 19 heavy (non-hydrogen) atoms. The molecule has 0 aliphatic carbocycles. The molecule has 0 fully saturated rings. The van der Waals surface area contributed by atoms with E-state index in [1.165, 1.54) is 0 Å². The van der Waals surface area contributed by atoms with Crippen LogP contribution in [0.4, 0.5) is 11.4 Å². The van der Waals surface area contributed by atoms with Crippen LogP contribution >= 0.6 is 0 Å². The van der Waals surface area contributed by atoms with Crippen molar-refractivity contribution in [3.05, 3.63) is 17.7 Å². The van der Waals surface area contributed by atoms with Crippen molar-refractivity contribution in [3.8, 4) is 5.75 Å². The van der Waals surface area contributed by atoms with Gasteiger partial charge < -0.3 is 20.5 Å². The molecule has 0 aromatic heterocycles. The van der Waals surface area contributed by atoms with Crippen LogP contribution in [-0.2, 0) is 16.0 Å². The molecule has 1 aliphatic heterocycles. The number of nitrogens with one attached hydrogen (secondary N) is 1. The van der Waals surface area contributed by atoms with Crippen molar-refractivity contribution < 1.29 is 14.3 Å². The number of benzene rings is 1. The van der Waals surface area contributed by atoms with E-state index < -0.39 is 0 Å². The molecule has 104 valence electrons. The second-order valence-corrected chi connectivity index (χ2v) is 4.68. The second-order valence-electron chi connectivity index (χ2n) is 4.68. The molecule has 1 atom stereocenters. The number of nitrogen functional groups attached to an aromatic ring is 1. The van der Waals surface area contributed by atoms with Gasteiger partial charge in [0, 0.05) is 18.7 Å². The Bertz CT molecular complexity index is 474. The van der Waals surface area contributed by atoms with E-state index >= 15 is 0 Å². The predicted molar refractivity (Wildman–Crippen MR) is 74.4 cm³/mol. The van der Waals surface area contributed by atoms with Crippen LogP contribution in [0.15, 0.2) is 12.1 Å². The topological polar surface area (TPSA) is 73.6 Å². The summed E-state index contributed by atoms with van der Waals surface area (Å²) in [6, 6.07) is 3.67. The minimum Gasteiger partial charge on any atom is -0.486 e. The molecule has 5 heteroatoms. The van der Waals surface area contributed by atoms with Crippen LogP contribution in [-0.4, -0.2) is 25.2 Å². The van der Waals surface area contributed by atoms with Crippen molar-refractivity contribution in [3.63, 3.8) is 0 Å². The molecule has 0 spiro atoms. The lowest BCUT2D eigenvalue weighted by Crippen LogP contribution is -2.21. The lowest BCUT2D eigenvalue weighted by atomic mass is 10.0. The fourth-order valence-corrected chi connectivity index (χ4v) is 2.06. The Morgan fingerprint density at radius 1 is 1.42 bits per heavy atom. The minimum atomic E-state index is -0.0570. The number of carbonyl (C=O) groups excluding carboxylic acids is 1. The van der Waals surface area contributed by atoms with E-state index in [9.17, 15) is 4.79 Å². The first-order chi connectivity index (χ1) is 9.10. The third-order valence-electron chi connectivity index (χ3n) is 3.02. The van der Waals surface area contributed by atoms with Gasteiger partial charge in [-0.3, -0.25) is 4.79 Å². The van der Waals surface area contributed by atoms with Crippen LogP contribution in [0.1, 0.15) is 25.8 Å². The summed E-state index contributed by atoms with van der Waals surface area (Å²) in [4.78, 5) is 11.3. The third-order valence-corrected chi connectivity index (χ3v) is 3.02. The lowest BCUT2D eigenvalue weighted by molar-refractivity contribution is -0.116. The van der Waals surface area contributed by atoms with Gasteiger partial charge in [-0.05, 0) is 38.0 Å². The van der Waals surface area contributed by atoms with Crippen molar-refractivity contribution in [2.24, 2.45) is 0 Å². The van der Waals surface area contributed by atoms with Crippen molar-refractivity contribution in [1.29, 1.82) is 0 Å². The summed E-state index contributed by atoms with van der Waals surface area (Å²) in [5.74, 6) is 0.687. The SMILES string of the molecule is CCOCC(C)Oc1cc2c(cc1N)NC(=O)CC2. The molecular weight excluding hydrogens is 244 g/mol. The first-order valence-electron chi connectivity index (χ1n) is 6.56. The molecule has 1 amide bonds. The van der Waals surface area contributed by atoms with E-state index in [0.717, 1.165) is 17.7 Å². The van der Waals surface area contributed by atoms with Crippen LogP contribution in [0.5, 0.6) is 5.75 Å². The average molecular weight is 264 g/mol. The highest BCUT2D eigenvalue weighted by molar-refractivity contribution is 5.94. The molecule has 3 N–H and O–H groups in total. The lowest BCUT2D eigenvalue weighted by Gasteiger charge is -2.21. The molecular formula is C14H20N2O3. The Labute approximate surface area is 113 Å². The molecule has 0 bridgehead atoms. The van der Waals surface area contributed by atoms with Gasteiger partial charge in [-0.15, -0.1) is 0 Å². The Morgan fingerprint density at radius 2 is 2.21 bits per heavy atom. The van der Waals surface area contributed by atoms with E-state index in [1.54, 1.807) is 6.07 Å². The number of nitrogens with two attached hydrogens (primary N) is 1. The summed E-state index contributed by atoms with van der Waals surface area (Å²) in [5, 5.41) is 2.82. The summed E-state index contributed by atoms with van der Waals surface area (Å²) >= 11 is 0. The second kappa shape index (κ2) is 5.93. The molecule has 1 heterocycles. The molecule has 2 rings (SSSR count). The van der Waals surface area contributed by atoms with Crippen molar-refractivity contribution in [2.45, 2.75) is 32.8 Å². The summed E-state index contributed by atoms with van der Waals surface area (Å²) in [6.45, 7) is 5.09. The van der Waals surface area contributed by atoms with Crippen LogP contribution in [0.3, 0.4) is 0 Å². The normalized spacial score (nSPS) is 15.6. The smallest absolute Gasteiger partial charge is 0.224 e. The summed E-state index contributed by atoms with van der Waals surface area (Å²) in [7, 11) is 0. The standard InChI is InChI=1S/C14H20N2O3/c1-3-18-8-9(2)19-13-6-10-4-5-14(17)16-12(10)7-11(13)15/h6-7,9H,3-5,8,15H2,1-2H3,(H,16,17). The minimum absolute atomic E-state index is 0.0327. The zero-order valence-corrected chi connectivity index (χ0v) is 11.4. The molecule has 1 unspecified atom stereocenters. The molecule has 0 saturated carbocycles. The quantitative estimate of drug-likeness (QED) is 0.797. The van der Waals surface area contributed by atoms with Gasteiger partial charge in [0.25, 0.3) is 0 Å². The van der Waals surface area contributed by atoms with Crippen LogP contribution < -0.4 is 15.8 Å². The first kappa shape index (κ1) is 13.7. The Hall–Kier alpha value is -1.75. The number of fused-ring (bicyclic) bond motifs is 1. The Kier molecular flexibility index (Phi) is 4.27. The number of amides is 1. The largest absolute Gasteiger partial charge is 0.486 e. The van der Waals surface area contributed by atoms with Gasteiger partial charge in [0.15, 0.2) is 0 Å². The number of rotatable bonds is 5. The van der Waals surface area contributed by atoms with Gasteiger partial charge >= 0.3 is 0 Å². The van der Waals surface area contributed by atoms with Gasteiger partial charge in [0.05, 0.1) is 12.3 Å². The van der Waals surface area contributed by atoms with Crippen LogP contribution in [0.2, 0.25) is 0 Å². The van der Waals surface area contributed by atoms with E-state index in [1.807, 2.05) is 19.9 Å². The van der Waals surface area contributed by atoms with Crippen LogP contribution in [0.25, 0.3) is 0 Å². The van der Waals surface area contributed by atoms with Crippen molar-refractivity contribution in [1.82, 2.24) is 0 Å². The fourth-order valence-electron chi connectivity index (χ4n) is 2.06. The van der Waals surface area contributed by atoms with Crippen molar-refractivity contribution >= 4 is 17.3 Å². The number of carbonyl (C=O) groups is 1. The summed E-state index contributed by atoms with van der Waals surface area (Å²) < 4.78 is 11.1. The molecule has 0 saturated heterocycles. The fraction of sp³-hybridized carbons (Fsp3) is 0.500.